The molecule has 0 aliphatic rings. The molecule has 0 bridgehead atoms. The molecule has 0 fully saturated rings. The van der Waals surface area contributed by atoms with Gasteiger partial charge in [0, 0.05) is 0 Å². The first-order valence-corrected chi connectivity index (χ1v) is 5.43. The Morgan fingerprint density at radius 1 is 1.12 bits per heavy atom. The van der Waals surface area contributed by atoms with Crippen molar-refractivity contribution in [1.29, 1.82) is 0 Å². The van der Waals surface area contributed by atoms with Crippen LogP contribution in [0.25, 0.3) is 10.8 Å². The number of ether oxygens (including phenoxy) is 1. The lowest BCUT2D eigenvalue weighted by atomic mass is 10.1. The summed E-state index contributed by atoms with van der Waals surface area (Å²) in [5, 5.41) is 2.35. The van der Waals surface area contributed by atoms with Crippen LogP contribution in [0.3, 0.4) is 0 Å². The highest BCUT2D eigenvalue weighted by Crippen LogP contribution is 2.16. The Kier molecular flexibility index (Phi) is 4.98. The molecule has 2 nitrogen and oxygen atoms in total. The van der Waals surface area contributed by atoms with Gasteiger partial charge in [-0.25, -0.2) is 0 Å². The minimum atomic E-state index is -0.169. The van der Waals surface area contributed by atoms with E-state index in [0.717, 1.165) is 10.9 Å². The topological polar surface area (TPSA) is 26.3 Å². The van der Waals surface area contributed by atoms with Gasteiger partial charge in [-0.2, -0.15) is 0 Å². The summed E-state index contributed by atoms with van der Waals surface area (Å²) >= 11 is 0. The average molecular weight is 251 g/mol. The summed E-state index contributed by atoms with van der Waals surface area (Å²) in [6, 6.07) is 14.1. The minimum Gasteiger partial charge on any atom is -0.466 e. The fourth-order valence-electron chi connectivity index (χ4n) is 1.73. The first-order chi connectivity index (χ1) is 7.79. The standard InChI is InChI=1S/C14H14O2.ClH/c1-2-16-14(15)10-11-7-8-12-5-3-4-6-13(12)9-11;/h3-9H,2,10H2,1H3;1H. The van der Waals surface area contributed by atoms with E-state index < -0.39 is 0 Å². The lowest BCUT2D eigenvalue weighted by Crippen LogP contribution is -2.07. The second kappa shape index (κ2) is 6.26. The quantitative estimate of drug-likeness (QED) is 0.781. The van der Waals surface area contributed by atoms with Gasteiger partial charge in [-0.1, -0.05) is 42.5 Å². The minimum absolute atomic E-state index is 0. The number of carbonyl (C=O) groups is 1. The zero-order valence-corrected chi connectivity index (χ0v) is 10.5. The summed E-state index contributed by atoms with van der Waals surface area (Å²) in [5.41, 5.74) is 0.997. The van der Waals surface area contributed by atoms with Gasteiger partial charge in [0.15, 0.2) is 0 Å². The Morgan fingerprint density at radius 3 is 2.53 bits per heavy atom. The van der Waals surface area contributed by atoms with Gasteiger partial charge in [-0.3, -0.25) is 4.79 Å². The monoisotopic (exact) mass is 250 g/mol. The van der Waals surface area contributed by atoms with Crippen molar-refractivity contribution in [2.75, 3.05) is 6.61 Å². The van der Waals surface area contributed by atoms with Crippen LogP contribution in [0, 0.1) is 0 Å². The Morgan fingerprint density at radius 2 is 1.82 bits per heavy atom. The third-order valence-electron chi connectivity index (χ3n) is 2.47. The molecular formula is C14H15ClO2. The first kappa shape index (κ1) is 13.5. The molecule has 0 N–H and O–H groups in total. The predicted octanol–water partition coefficient (Wildman–Crippen LogP) is 3.37. The van der Waals surface area contributed by atoms with Gasteiger partial charge < -0.3 is 4.74 Å². The highest BCUT2D eigenvalue weighted by molar-refractivity contribution is 5.85. The van der Waals surface area contributed by atoms with Gasteiger partial charge in [-0.05, 0) is 23.3 Å². The Balaban J connectivity index is 0.00000144. The zero-order chi connectivity index (χ0) is 11.4. The van der Waals surface area contributed by atoms with Crippen molar-refractivity contribution in [3.05, 3.63) is 48.0 Å². The van der Waals surface area contributed by atoms with E-state index in [1.54, 1.807) is 0 Å². The third-order valence-corrected chi connectivity index (χ3v) is 2.47. The molecule has 0 atom stereocenters. The highest BCUT2D eigenvalue weighted by Gasteiger charge is 2.04. The van der Waals surface area contributed by atoms with Crippen molar-refractivity contribution in [2.45, 2.75) is 13.3 Å². The van der Waals surface area contributed by atoms with Crippen molar-refractivity contribution in [3.63, 3.8) is 0 Å². The van der Waals surface area contributed by atoms with E-state index in [0.29, 0.717) is 13.0 Å². The summed E-state index contributed by atoms with van der Waals surface area (Å²) in [4.78, 5) is 11.3. The maximum Gasteiger partial charge on any atom is 0.310 e. The van der Waals surface area contributed by atoms with Crippen LogP contribution in [-0.2, 0) is 16.0 Å². The molecule has 2 aromatic carbocycles. The van der Waals surface area contributed by atoms with Crippen molar-refractivity contribution < 1.29 is 9.53 Å². The number of rotatable bonds is 3. The number of carbonyl (C=O) groups excluding carboxylic acids is 1. The van der Waals surface area contributed by atoms with Gasteiger partial charge >= 0.3 is 5.97 Å². The van der Waals surface area contributed by atoms with E-state index >= 15 is 0 Å². The average Bonchev–Trinajstić information content (AvgIpc) is 2.29. The summed E-state index contributed by atoms with van der Waals surface area (Å²) in [5.74, 6) is -0.169. The number of fused-ring (bicyclic) bond motifs is 1. The molecule has 3 heteroatoms. The third kappa shape index (κ3) is 3.46. The van der Waals surface area contributed by atoms with Crippen LogP contribution in [0.5, 0.6) is 0 Å². The van der Waals surface area contributed by atoms with E-state index in [1.165, 1.54) is 5.39 Å². The molecular weight excluding hydrogens is 236 g/mol. The van der Waals surface area contributed by atoms with Crippen molar-refractivity contribution in [3.8, 4) is 0 Å². The number of hydrogen-bond acceptors (Lipinski definition) is 2. The van der Waals surface area contributed by atoms with Crippen LogP contribution in [0.4, 0.5) is 0 Å². The number of halogens is 1. The normalized spacial score (nSPS) is 9.71. The summed E-state index contributed by atoms with van der Waals surface area (Å²) in [7, 11) is 0. The summed E-state index contributed by atoms with van der Waals surface area (Å²) in [6.07, 6.45) is 0.346. The van der Waals surface area contributed by atoms with Crippen LogP contribution in [0.1, 0.15) is 12.5 Å². The molecule has 0 amide bonds. The summed E-state index contributed by atoms with van der Waals surface area (Å²) < 4.78 is 4.92. The lowest BCUT2D eigenvalue weighted by molar-refractivity contribution is -0.142. The molecule has 2 rings (SSSR count). The molecule has 0 heterocycles. The van der Waals surface area contributed by atoms with Crippen LogP contribution in [0.2, 0.25) is 0 Å². The maximum absolute atomic E-state index is 11.3. The van der Waals surface area contributed by atoms with E-state index in [1.807, 2.05) is 43.3 Å². The van der Waals surface area contributed by atoms with Gasteiger partial charge in [-0.15, -0.1) is 12.4 Å². The van der Waals surface area contributed by atoms with E-state index in [2.05, 4.69) is 6.07 Å². The number of hydrogen-bond donors (Lipinski definition) is 0. The van der Waals surface area contributed by atoms with E-state index in [9.17, 15) is 4.79 Å². The predicted molar refractivity (Wildman–Crippen MR) is 71.5 cm³/mol. The van der Waals surface area contributed by atoms with Gasteiger partial charge in [0.05, 0.1) is 13.0 Å². The largest absolute Gasteiger partial charge is 0.466 e. The van der Waals surface area contributed by atoms with Crippen LogP contribution < -0.4 is 0 Å². The van der Waals surface area contributed by atoms with Crippen molar-refractivity contribution >= 4 is 29.1 Å². The number of esters is 1. The highest BCUT2D eigenvalue weighted by atomic mass is 35.5. The number of benzene rings is 2. The Bertz CT molecular complexity index is 508. The SMILES string of the molecule is CCOC(=O)Cc1ccc2ccccc2c1.Cl. The molecule has 0 spiro atoms. The zero-order valence-electron chi connectivity index (χ0n) is 9.68. The molecule has 17 heavy (non-hydrogen) atoms. The smallest absolute Gasteiger partial charge is 0.310 e. The molecule has 0 saturated carbocycles. The van der Waals surface area contributed by atoms with E-state index in [-0.39, 0.29) is 18.4 Å². The lowest BCUT2D eigenvalue weighted by Gasteiger charge is -2.03. The Labute approximate surface area is 107 Å². The van der Waals surface area contributed by atoms with Gasteiger partial charge in [0.25, 0.3) is 0 Å². The molecule has 2 aromatic rings. The molecule has 0 aromatic heterocycles. The Hall–Kier alpha value is -1.54. The summed E-state index contributed by atoms with van der Waals surface area (Å²) in [6.45, 7) is 2.25. The first-order valence-electron chi connectivity index (χ1n) is 5.43. The molecule has 0 aliphatic heterocycles. The van der Waals surface area contributed by atoms with Crippen LogP contribution in [0.15, 0.2) is 42.5 Å². The molecule has 90 valence electrons. The maximum atomic E-state index is 11.3. The molecule has 0 saturated heterocycles. The van der Waals surface area contributed by atoms with Crippen molar-refractivity contribution in [2.24, 2.45) is 0 Å². The van der Waals surface area contributed by atoms with Gasteiger partial charge in [0.2, 0.25) is 0 Å². The fraction of sp³-hybridized carbons (Fsp3) is 0.214. The fourth-order valence-corrected chi connectivity index (χ4v) is 1.73. The molecule has 0 unspecified atom stereocenters. The van der Waals surface area contributed by atoms with E-state index in [4.69, 9.17) is 4.74 Å². The second-order valence-electron chi connectivity index (χ2n) is 3.66. The molecule has 0 aliphatic carbocycles. The molecule has 0 radical (unpaired) electrons. The second-order valence-corrected chi connectivity index (χ2v) is 3.66. The van der Waals surface area contributed by atoms with Crippen molar-refractivity contribution in [1.82, 2.24) is 0 Å². The van der Waals surface area contributed by atoms with Gasteiger partial charge in [0.1, 0.15) is 0 Å². The van der Waals surface area contributed by atoms with Crippen LogP contribution >= 0.6 is 12.4 Å². The van der Waals surface area contributed by atoms with Crippen LogP contribution in [-0.4, -0.2) is 12.6 Å².